The van der Waals surface area contributed by atoms with Crippen molar-refractivity contribution in [3.63, 3.8) is 0 Å². The summed E-state index contributed by atoms with van der Waals surface area (Å²) < 4.78 is 6.20. The van der Waals surface area contributed by atoms with Crippen LogP contribution in [-0.2, 0) is 0 Å². The number of halogens is 1. The number of benzene rings is 2. The van der Waals surface area contributed by atoms with E-state index in [4.69, 9.17) is 17.0 Å². The Balaban J connectivity index is 1.64. The summed E-state index contributed by atoms with van der Waals surface area (Å²) in [7, 11) is 1.62. The molecule has 1 heterocycles. The van der Waals surface area contributed by atoms with Crippen LogP contribution in [0.1, 0.15) is 5.56 Å². The molecule has 3 aromatic rings. The van der Waals surface area contributed by atoms with Gasteiger partial charge in [0, 0.05) is 38.9 Å². The number of hydrazone groups is 1. The zero-order valence-corrected chi connectivity index (χ0v) is 15.2. The second-order valence-electron chi connectivity index (χ2n) is 4.99. The number of anilines is 1. The molecule has 7 heteroatoms. The largest absolute Gasteiger partial charge is 0.497 e. The summed E-state index contributed by atoms with van der Waals surface area (Å²) in [5, 5.41) is 8.73. The second-order valence-corrected chi connectivity index (χ2v) is 6.31. The van der Waals surface area contributed by atoms with Crippen molar-refractivity contribution in [3.8, 4) is 5.75 Å². The molecule has 0 saturated carbocycles. The summed E-state index contributed by atoms with van der Waals surface area (Å²) in [5.41, 5.74) is 5.67. The summed E-state index contributed by atoms with van der Waals surface area (Å²) in [6, 6.07) is 13.6. The molecule has 2 aromatic carbocycles. The number of H-pyrrole nitrogens is 1. The molecule has 3 N–H and O–H groups in total. The third-order valence-electron chi connectivity index (χ3n) is 3.37. The van der Waals surface area contributed by atoms with E-state index in [0.717, 1.165) is 32.4 Å². The van der Waals surface area contributed by atoms with E-state index in [1.54, 1.807) is 13.3 Å². The van der Waals surface area contributed by atoms with Crippen molar-refractivity contribution >= 4 is 56.1 Å². The lowest BCUT2D eigenvalue weighted by Crippen LogP contribution is -2.23. The van der Waals surface area contributed by atoms with E-state index in [1.807, 2.05) is 48.7 Å². The highest BCUT2D eigenvalue weighted by Gasteiger charge is 2.02. The van der Waals surface area contributed by atoms with Gasteiger partial charge in [0.05, 0.1) is 13.3 Å². The number of nitrogens with one attached hydrogen (secondary N) is 3. The Morgan fingerprint density at radius 2 is 2.17 bits per heavy atom. The highest BCUT2D eigenvalue weighted by molar-refractivity contribution is 9.10. The molecule has 0 unspecified atom stereocenters. The number of hydrogen-bond acceptors (Lipinski definition) is 3. The lowest BCUT2D eigenvalue weighted by molar-refractivity contribution is 0.415. The highest BCUT2D eigenvalue weighted by Crippen LogP contribution is 2.21. The van der Waals surface area contributed by atoms with Gasteiger partial charge in [0.1, 0.15) is 5.75 Å². The number of aromatic nitrogens is 1. The van der Waals surface area contributed by atoms with Gasteiger partial charge in [0.25, 0.3) is 0 Å². The first-order chi connectivity index (χ1) is 11.7. The van der Waals surface area contributed by atoms with E-state index in [-0.39, 0.29) is 0 Å². The van der Waals surface area contributed by atoms with E-state index in [9.17, 15) is 0 Å². The molecule has 0 aliphatic rings. The molecule has 24 heavy (non-hydrogen) atoms. The number of thiocarbonyl (C=S) groups is 1. The number of methoxy groups -OCH3 is 1. The van der Waals surface area contributed by atoms with Crippen molar-refractivity contribution in [1.29, 1.82) is 0 Å². The van der Waals surface area contributed by atoms with Gasteiger partial charge in [-0.2, -0.15) is 5.10 Å². The molecule has 0 amide bonds. The Bertz CT molecular complexity index is 906. The number of nitrogens with zero attached hydrogens (tertiary/aromatic N) is 1. The Morgan fingerprint density at radius 1 is 1.29 bits per heavy atom. The predicted octanol–water partition coefficient (Wildman–Crippen LogP) is 4.26. The van der Waals surface area contributed by atoms with Crippen LogP contribution in [-0.4, -0.2) is 23.4 Å². The van der Waals surface area contributed by atoms with Crippen LogP contribution in [0.5, 0.6) is 5.75 Å². The summed E-state index contributed by atoms with van der Waals surface area (Å²) in [4.78, 5) is 3.20. The SMILES string of the molecule is COc1cccc(NC(=S)N/N=C\c2c[nH]c3ccc(Br)cc23)c1. The Hall–Kier alpha value is -2.38. The van der Waals surface area contributed by atoms with Crippen LogP contribution in [0, 0.1) is 0 Å². The Morgan fingerprint density at radius 3 is 3.00 bits per heavy atom. The lowest BCUT2D eigenvalue weighted by atomic mass is 10.2. The van der Waals surface area contributed by atoms with Crippen molar-refractivity contribution in [1.82, 2.24) is 10.4 Å². The molecular weight excluding hydrogens is 388 g/mol. The molecule has 0 atom stereocenters. The number of aromatic amines is 1. The van der Waals surface area contributed by atoms with Crippen LogP contribution in [0.15, 0.2) is 58.2 Å². The molecule has 0 radical (unpaired) electrons. The molecule has 122 valence electrons. The van der Waals surface area contributed by atoms with Gasteiger partial charge >= 0.3 is 0 Å². The van der Waals surface area contributed by atoms with Gasteiger partial charge in [0.15, 0.2) is 5.11 Å². The fraction of sp³-hybridized carbons (Fsp3) is 0.0588. The Labute approximate surface area is 153 Å². The van der Waals surface area contributed by atoms with Crippen LogP contribution in [0.2, 0.25) is 0 Å². The van der Waals surface area contributed by atoms with Gasteiger partial charge in [-0.15, -0.1) is 0 Å². The molecule has 3 rings (SSSR count). The summed E-state index contributed by atoms with van der Waals surface area (Å²) in [6.45, 7) is 0. The topological polar surface area (TPSA) is 61.4 Å². The van der Waals surface area contributed by atoms with Gasteiger partial charge in [-0.3, -0.25) is 5.43 Å². The normalized spacial score (nSPS) is 10.9. The lowest BCUT2D eigenvalue weighted by Gasteiger charge is -2.08. The van der Waals surface area contributed by atoms with E-state index in [2.05, 4.69) is 36.8 Å². The highest BCUT2D eigenvalue weighted by atomic mass is 79.9. The van der Waals surface area contributed by atoms with Crippen LogP contribution >= 0.6 is 28.1 Å². The predicted molar refractivity (Wildman–Crippen MR) is 106 cm³/mol. The third kappa shape index (κ3) is 3.93. The molecule has 1 aromatic heterocycles. The molecule has 5 nitrogen and oxygen atoms in total. The average molecular weight is 403 g/mol. The maximum atomic E-state index is 5.23. The smallest absolute Gasteiger partial charge is 0.191 e. The van der Waals surface area contributed by atoms with E-state index >= 15 is 0 Å². The first kappa shape index (κ1) is 16.5. The number of hydrogen-bond donors (Lipinski definition) is 3. The molecule has 0 saturated heterocycles. The number of fused-ring (bicyclic) bond motifs is 1. The molecule has 0 aliphatic carbocycles. The molecular formula is C17H15BrN4OS. The van der Waals surface area contributed by atoms with Gasteiger partial charge < -0.3 is 15.0 Å². The van der Waals surface area contributed by atoms with E-state index < -0.39 is 0 Å². The van der Waals surface area contributed by atoms with Crippen molar-refractivity contribution in [2.75, 3.05) is 12.4 Å². The molecule has 0 aliphatic heterocycles. The van der Waals surface area contributed by atoms with Gasteiger partial charge in [0.2, 0.25) is 0 Å². The summed E-state index contributed by atoms with van der Waals surface area (Å²) in [6.07, 6.45) is 3.63. The maximum Gasteiger partial charge on any atom is 0.191 e. The van der Waals surface area contributed by atoms with Gasteiger partial charge in [-0.25, -0.2) is 0 Å². The van der Waals surface area contributed by atoms with Crippen molar-refractivity contribution < 1.29 is 4.74 Å². The molecule has 0 spiro atoms. The van der Waals surface area contributed by atoms with Crippen molar-refractivity contribution in [2.45, 2.75) is 0 Å². The van der Waals surface area contributed by atoms with Gasteiger partial charge in [-0.1, -0.05) is 22.0 Å². The van der Waals surface area contributed by atoms with Crippen LogP contribution in [0.25, 0.3) is 10.9 Å². The second kappa shape index (κ2) is 7.46. The monoisotopic (exact) mass is 402 g/mol. The van der Waals surface area contributed by atoms with Gasteiger partial charge in [-0.05, 0) is 42.5 Å². The van der Waals surface area contributed by atoms with Crippen LogP contribution in [0.4, 0.5) is 5.69 Å². The first-order valence-electron chi connectivity index (χ1n) is 7.16. The third-order valence-corrected chi connectivity index (χ3v) is 4.06. The standard InChI is InChI=1S/C17H15BrN4OS/c1-23-14-4-2-3-13(8-14)21-17(24)22-20-10-11-9-19-16-6-5-12(18)7-15(11)16/h2-10,19H,1H3,(H2,21,22,24)/b20-10-. The summed E-state index contributed by atoms with van der Waals surface area (Å²) in [5.74, 6) is 0.760. The van der Waals surface area contributed by atoms with E-state index in [1.165, 1.54) is 0 Å². The molecule has 0 fully saturated rings. The fourth-order valence-electron chi connectivity index (χ4n) is 2.24. The Kier molecular flexibility index (Phi) is 5.12. The molecule has 0 bridgehead atoms. The maximum absolute atomic E-state index is 5.23. The quantitative estimate of drug-likeness (QED) is 0.346. The number of ether oxygens (including phenoxy) is 1. The van der Waals surface area contributed by atoms with Crippen molar-refractivity contribution in [2.24, 2.45) is 5.10 Å². The first-order valence-corrected chi connectivity index (χ1v) is 8.36. The van der Waals surface area contributed by atoms with Crippen molar-refractivity contribution in [3.05, 3.63) is 58.7 Å². The van der Waals surface area contributed by atoms with E-state index in [0.29, 0.717) is 5.11 Å². The fourth-order valence-corrected chi connectivity index (χ4v) is 2.77. The average Bonchev–Trinajstić information content (AvgIpc) is 2.97. The van der Waals surface area contributed by atoms with Crippen LogP contribution in [0.3, 0.4) is 0 Å². The summed E-state index contributed by atoms with van der Waals surface area (Å²) >= 11 is 8.71. The minimum absolute atomic E-state index is 0.403. The minimum Gasteiger partial charge on any atom is -0.497 e. The zero-order chi connectivity index (χ0) is 16.9. The van der Waals surface area contributed by atoms with Crippen LogP contribution < -0.4 is 15.5 Å². The zero-order valence-electron chi connectivity index (χ0n) is 12.8. The number of rotatable bonds is 4. The minimum atomic E-state index is 0.403.